The lowest BCUT2D eigenvalue weighted by atomic mass is 9.70. The van der Waals surface area contributed by atoms with Crippen LogP contribution in [-0.4, -0.2) is 5.67 Å². The van der Waals surface area contributed by atoms with E-state index in [2.05, 4.69) is 13.8 Å². The largest absolute Gasteiger partial charge is 0.244 e. The van der Waals surface area contributed by atoms with Gasteiger partial charge in [-0.25, -0.2) is 4.39 Å². The van der Waals surface area contributed by atoms with E-state index in [1.165, 1.54) is 12.8 Å². The topological polar surface area (TPSA) is 0 Å². The van der Waals surface area contributed by atoms with Gasteiger partial charge in [-0.1, -0.05) is 13.8 Å². The first-order valence-corrected chi connectivity index (χ1v) is 5.06. The summed E-state index contributed by atoms with van der Waals surface area (Å²) in [4.78, 5) is 0. The van der Waals surface area contributed by atoms with Crippen LogP contribution in [0.4, 0.5) is 4.39 Å². The molecular formula is C11H19F. The second-order valence-electron chi connectivity index (χ2n) is 5.82. The summed E-state index contributed by atoms with van der Waals surface area (Å²) in [5, 5.41) is 0. The average Bonchev–Trinajstić information content (AvgIpc) is 2.45. The van der Waals surface area contributed by atoms with Gasteiger partial charge in [-0.3, -0.25) is 0 Å². The van der Waals surface area contributed by atoms with Crippen LogP contribution < -0.4 is 0 Å². The maximum Gasteiger partial charge on any atom is 0.114 e. The molecule has 0 nitrogen and oxygen atoms in total. The van der Waals surface area contributed by atoms with E-state index in [4.69, 9.17) is 0 Å². The minimum atomic E-state index is -0.816. The van der Waals surface area contributed by atoms with Crippen molar-refractivity contribution in [2.24, 2.45) is 10.8 Å². The molecule has 2 saturated carbocycles. The molecule has 0 aromatic heterocycles. The summed E-state index contributed by atoms with van der Waals surface area (Å²) in [7, 11) is 0. The van der Waals surface area contributed by atoms with E-state index in [1.807, 2.05) is 0 Å². The van der Waals surface area contributed by atoms with Crippen LogP contribution >= 0.6 is 0 Å². The number of hydrogen-bond donors (Lipinski definition) is 0. The average molecular weight is 170 g/mol. The van der Waals surface area contributed by atoms with E-state index >= 15 is 0 Å². The third-order valence-corrected chi connectivity index (χ3v) is 4.21. The Morgan fingerprint density at radius 1 is 0.917 bits per heavy atom. The molecule has 1 unspecified atom stereocenters. The van der Waals surface area contributed by atoms with Gasteiger partial charge in [-0.05, 0) is 44.4 Å². The lowest BCUT2D eigenvalue weighted by Crippen LogP contribution is -2.25. The predicted molar refractivity (Wildman–Crippen MR) is 48.8 cm³/mol. The third-order valence-electron chi connectivity index (χ3n) is 4.21. The highest BCUT2D eigenvalue weighted by Gasteiger charge is 2.66. The molecule has 0 aliphatic heterocycles. The van der Waals surface area contributed by atoms with Gasteiger partial charge in [0.15, 0.2) is 0 Å². The molecular weight excluding hydrogens is 151 g/mol. The number of rotatable bonds is 0. The van der Waals surface area contributed by atoms with E-state index in [-0.39, 0.29) is 5.41 Å². The van der Waals surface area contributed by atoms with E-state index < -0.39 is 5.67 Å². The molecule has 12 heavy (non-hydrogen) atoms. The van der Waals surface area contributed by atoms with Gasteiger partial charge in [0.25, 0.3) is 0 Å². The van der Waals surface area contributed by atoms with E-state index in [0.29, 0.717) is 5.41 Å². The molecule has 0 amide bonds. The van der Waals surface area contributed by atoms with Gasteiger partial charge >= 0.3 is 0 Å². The van der Waals surface area contributed by atoms with Crippen molar-refractivity contribution in [2.75, 3.05) is 0 Å². The summed E-state index contributed by atoms with van der Waals surface area (Å²) in [6, 6.07) is 0. The second-order valence-corrected chi connectivity index (χ2v) is 5.82. The van der Waals surface area contributed by atoms with Gasteiger partial charge in [0, 0.05) is 5.41 Å². The summed E-state index contributed by atoms with van der Waals surface area (Å²) in [6.45, 7) is 6.39. The minimum absolute atomic E-state index is 0.114. The zero-order chi connectivity index (χ0) is 9.04. The lowest BCUT2D eigenvalue weighted by molar-refractivity contribution is 0.127. The number of halogens is 1. The van der Waals surface area contributed by atoms with Crippen LogP contribution in [0.15, 0.2) is 0 Å². The summed E-state index contributed by atoms with van der Waals surface area (Å²) >= 11 is 0. The van der Waals surface area contributed by atoms with Gasteiger partial charge in [0.05, 0.1) is 0 Å². The van der Waals surface area contributed by atoms with Crippen molar-refractivity contribution in [2.45, 2.75) is 58.5 Å². The fourth-order valence-corrected chi connectivity index (χ4v) is 2.69. The van der Waals surface area contributed by atoms with Gasteiger partial charge in [-0.2, -0.15) is 0 Å². The fraction of sp³-hybridized carbons (Fsp3) is 1.00. The zero-order valence-electron chi connectivity index (χ0n) is 8.41. The molecule has 0 heterocycles. The molecule has 1 heteroatoms. The Bertz CT molecular complexity index is 193. The summed E-state index contributed by atoms with van der Waals surface area (Å²) in [5.74, 6) is 0. The van der Waals surface area contributed by atoms with Gasteiger partial charge in [0.2, 0.25) is 0 Å². The van der Waals surface area contributed by atoms with Crippen molar-refractivity contribution >= 4 is 0 Å². The molecule has 0 radical (unpaired) electrons. The van der Waals surface area contributed by atoms with Crippen molar-refractivity contribution in [3.63, 3.8) is 0 Å². The molecule has 0 saturated heterocycles. The number of alkyl halides is 1. The van der Waals surface area contributed by atoms with Crippen LogP contribution in [0.25, 0.3) is 0 Å². The van der Waals surface area contributed by atoms with E-state index in [1.54, 1.807) is 6.92 Å². The third kappa shape index (κ3) is 1.09. The van der Waals surface area contributed by atoms with Crippen LogP contribution in [0.2, 0.25) is 0 Å². The first kappa shape index (κ1) is 8.52. The molecule has 0 bridgehead atoms. The Morgan fingerprint density at radius 2 is 1.33 bits per heavy atom. The standard InChI is InChI=1S/C11H19F/c1-9(2)4-6-11(7-5-9)8-10(11,3)12/h4-8H2,1-3H3. The van der Waals surface area contributed by atoms with Crippen molar-refractivity contribution in [1.29, 1.82) is 0 Å². The monoisotopic (exact) mass is 170 g/mol. The molecule has 0 aromatic rings. The molecule has 0 aromatic carbocycles. The molecule has 2 rings (SSSR count). The Balaban J connectivity index is 2.01. The maximum absolute atomic E-state index is 13.6. The minimum Gasteiger partial charge on any atom is -0.244 e. The highest BCUT2D eigenvalue weighted by atomic mass is 19.1. The molecule has 2 aliphatic rings. The molecule has 2 aliphatic carbocycles. The Morgan fingerprint density at radius 3 is 1.67 bits per heavy atom. The van der Waals surface area contributed by atoms with E-state index in [0.717, 1.165) is 19.3 Å². The first-order valence-electron chi connectivity index (χ1n) is 5.06. The Hall–Kier alpha value is -0.0700. The Kier molecular flexibility index (Phi) is 1.46. The van der Waals surface area contributed by atoms with Crippen LogP contribution in [0.3, 0.4) is 0 Å². The highest BCUT2D eigenvalue weighted by molar-refractivity contribution is 5.15. The smallest absolute Gasteiger partial charge is 0.114 e. The van der Waals surface area contributed by atoms with Gasteiger partial charge in [-0.15, -0.1) is 0 Å². The Labute approximate surface area is 74.5 Å². The van der Waals surface area contributed by atoms with Crippen molar-refractivity contribution in [1.82, 2.24) is 0 Å². The molecule has 70 valence electrons. The van der Waals surface area contributed by atoms with Crippen LogP contribution in [0.5, 0.6) is 0 Å². The summed E-state index contributed by atoms with van der Waals surface area (Å²) in [5.41, 5.74) is -0.226. The molecule has 1 atom stereocenters. The summed E-state index contributed by atoms with van der Waals surface area (Å²) in [6.07, 6.45) is 5.50. The van der Waals surface area contributed by atoms with Gasteiger partial charge in [0.1, 0.15) is 5.67 Å². The fourth-order valence-electron chi connectivity index (χ4n) is 2.69. The molecule has 1 spiro atoms. The SMILES string of the molecule is CC1(C)CCC2(CC1)CC2(C)F. The zero-order valence-corrected chi connectivity index (χ0v) is 8.41. The quantitative estimate of drug-likeness (QED) is 0.520. The van der Waals surface area contributed by atoms with Crippen molar-refractivity contribution in [3.05, 3.63) is 0 Å². The van der Waals surface area contributed by atoms with Crippen molar-refractivity contribution < 1.29 is 4.39 Å². The maximum atomic E-state index is 13.6. The van der Waals surface area contributed by atoms with Crippen molar-refractivity contribution in [3.8, 4) is 0 Å². The van der Waals surface area contributed by atoms with Crippen LogP contribution in [-0.2, 0) is 0 Å². The lowest BCUT2D eigenvalue weighted by Gasteiger charge is -2.35. The highest BCUT2D eigenvalue weighted by Crippen LogP contribution is 2.68. The number of hydrogen-bond acceptors (Lipinski definition) is 0. The van der Waals surface area contributed by atoms with Crippen LogP contribution in [0, 0.1) is 10.8 Å². The molecule has 2 fully saturated rings. The van der Waals surface area contributed by atoms with E-state index in [9.17, 15) is 4.39 Å². The summed E-state index contributed by atoms with van der Waals surface area (Å²) < 4.78 is 13.6. The van der Waals surface area contributed by atoms with Gasteiger partial charge < -0.3 is 0 Å². The van der Waals surface area contributed by atoms with Crippen LogP contribution in [0.1, 0.15) is 52.9 Å². The first-order chi connectivity index (χ1) is 5.37. The predicted octanol–water partition coefficient (Wildman–Crippen LogP) is 3.70. The normalized spacial score (nSPS) is 43.0. The second kappa shape index (κ2) is 2.05. The molecule has 0 N–H and O–H groups in total.